The summed E-state index contributed by atoms with van der Waals surface area (Å²) in [5.41, 5.74) is 0.584. The Hall–Kier alpha value is -2.22. The van der Waals surface area contributed by atoms with E-state index in [0.29, 0.717) is 5.56 Å². The third-order valence-electron chi connectivity index (χ3n) is 3.29. The van der Waals surface area contributed by atoms with Crippen molar-refractivity contribution in [1.29, 1.82) is 5.26 Å². The van der Waals surface area contributed by atoms with E-state index >= 15 is 0 Å². The van der Waals surface area contributed by atoms with Gasteiger partial charge < -0.3 is 0 Å². The van der Waals surface area contributed by atoms with E-state index in [1.165, 1.54) is 19.9 Å². The van der Waals surface area contributed by atoms with E-state index in [2.05, 4.69) is 14.7 Å². The summed E-state index contributed by atoms with van der Waals surface area (Å²) in [6.45, 7) is 3.04. The van der Waals surface area contributed by atoms with Crippen LogP contribution in [0.25, 0.3) is 6.08 Å². The summed E-state index contributed by atoms with van der Waals surface area (Å²) in [5, 5.41) is 10.7. The number of anilines is 1. The monoisotopic (exact) mass is 408 g/mol. The lowest BCUT2D eigenvalue weighted by atomic mass is 10.1. The van der Waals surface area contributed by atoms with Crippen molar-refractivity contribution in [2.75, 3.05) is 11.6 Å². The molecule has 0 radical (unpaired) electrons. The van der Waals surface area contributed by atoms with E-state index < -0.39 is 21.0 Å². The molecule has 0 saturated heterocycles. The van der Waals surface area contributed by atoms with Gasteiger partial charge in [-0.2, -0.15) is 14.6 Å². The molecule has 1 aromatic carbocycles. The molecule has 0 aliphatic rings. The number of carbonyl (C=O) groups is 1. The van der Waals surface area contributed by atoms with Crippen molar-refractivity contribution in [1.82, 2.24) is 9.36 Å². The van der Waals surface area contributed by atoms with Crippen molar-refractivity contribution in [2.45, 2.75) is 29.1 Å². The molecule has 1 aromatic heterocycles. The summed E-state index contributed by atoms with van der Waals surface area (Å²) < 4.78 is 27.8. The zero-order valence-corrected chi connectivity index (χ0v) is 16.7. The Kier molecular flexibility index (Phi) is 6.52. The molecule has 2 rings (SSSR count). The maximum absolute atomic E-state index is 12.2. The van der Waals surface area contributed by atoms with Crippen LogP contribution in [0.5, 0.6) is 0 Å². The van der Waals surface area contributed by atoms with Crippen LogP contribution in [0.4, 0.5) is 5.13 Å². The first-order chi connectivity index (χ1) is 12.3. The molecule has 0 unspecified atom stereocenters. The highest BCUT2D eigenvalue weighted by Crippen LogP contribution is 2.20. The fraction of sp³-hybridized carbons (Fsp3) is 0.250. The lowest BCUT2D eigenvalue weighted by Crippen LogP contribution is -2.16. The van der Waals surface area contributed by atoms with Gasteiger partial charge in [-0.05, 0) is 43.9 Å². The fourth-order valence-electron chi connectivity index (χ4n) is 1.77. The maximum atomic E-state index is 12.2. The van der Waals surface area contributed by atoms with Crippen LogP contribution in [0.3, 0.4) is 0 Å². The van der Waals surface area contributed by atoms with Crippen molar-refractivity contribution in [2.24, 2.45) is 0 Å². The van der Waals surface area contributed by atoms with Gasteiger partial charge in [0.15, 0.2) is 0 Å². The average molecular weight is 409 g/mol. The topological polar surface area (TPSA) is 113 Å². The molecule has 0 aliphatic heterocycles. The van der Waals surface area contributed by atoms with Gasteiger partial charge in [-0.3, -0.25) is 10.1 Å². The van der Waals surface area contributed by atoms with Crippen LogP contribution in [0.2, 0.25) is 0 Å². The number of nitrogens with one attached hydrogen (secondary N) is 1. The number of hydrogen-bond donors (Lipinski definition) is 1. The lowest BCUT2D eigenvalue weighted by Gasteiger charge is -2.02. The Morgan fingerprint density at radius 3 is 2.54 bits per heavy atom. The van der Waals surface area contributed by atoms with Crippen molar-refractivity contribution in [3.8, 4) is 6.07 Å². The van der Waals surface area contributed by atoms with Crippen LogP contribution in [0, 0.1) is 11.3 Å². The summed E-state index contributed by atoms with van der Waals surface area (Å²) in [6, 6.07) is 9.21. The van der Waals surface area contributed by atoms with Crippen LogP contribution >= 0.6 is 23.3 Å². The predicted octanol–water partition coefficient (Wildman–Crippen LogP) is 2.99. The molecule has 0 bridgehead atoms. The van der Waals surface area contributed by atoms with E-state index in [0.717, 1.165) is 16.4 Å². The Morgan fingerprint density at radius 1 is 1.35 bits per heavy atom. The van der Waals surface area contributed by atoms with Crippen LogP contribution in [0.1, 0.15) is 19.4 Å². The molecule has 136 valence electrons. The standard InChI is InChI=1S/C16H16N4O3S3/c1-10(2)26(22,23)16-19-15(25-20-16)18-14(21)12(9-17)8-11-4-6-13(24-3)7-5-11/h4-8,10H,1-3H3,(H,18,19,20,21)/b12-8-. The molecule has 7 nitrogen and oxygen atoms in total. The summed E-state index contributed by atoms with van der Waals surface area (Å²) in [6.07, 6.45) is 3.40. The second-order valence-electron chi connectivity index (χ2n) is 5.37. The first-order valence-corrected chi connectivity index (χ1v) is 11.0. The van der Waals surface area contributed by atoms with Crippen LogP contribution < -0.4 is 5.32 Å². The molecule has 0 fully saturated rings. The van der Waals surface area contributed by atoms with Gasteiger partial charge in [0, 0.05) is 16.4 Å². The minimum absolute atomic E-state index is 0.0214. The first kappa shape index (κ1) is 20.1. The third-order valence-corrected chi connectivity index (χ3v) is 6.72. The molecule has 0 atom stereocenters. The van der Waals surface area contributed by atoms with Gasteiger partial charge in [0.25, 0.3) is 11.1 Å². The highest BCUT2D eigenvalue weighted by atomic mass is 32.2. The van der Waals surface area contributed by atoms with Crippen LogP contribution in [-0.2, 0) is 14.6 Å². The zero-order valence-electron chi connectivity index (χ0n) is 14.3. The number of rotatable bonds is 6. The molecule has 0 saturated carbocycles. The number of nitriles is 1. The first-order valence-electron chi connectivity index (χ1n) is 7.42. The van der Waals surface area contributed by atoms with E-state index in [1.807, 2.05) is 24.5 Å². The van der Waals surface area contributed by atoms with Crippen LogP contribution in [0.15, 0.2) is 39.9 Å². The SMILES string of the molecule is CSc1ccc(/C=C(/C#N)C(=O)Nc2nc(S(=O)(=O)C(C)C)ns2)cc1. The fourth-order valence-corrected chi connectivity index (χ4v) is 3.87. The minimum atomic E-state index is -3.62. The van der Waals surface area contributed by atoms with Gasteiger partial charge in [-0.25, -0.2) is 8.42 Å². The molecular weight excluding hydrogens is 392 g/mol. The smallest absolute Gasteiger partial charge is 0.268 e. The van der Waals surface area contributed by atoms with E-state index in [9.17, 15) is 18.5 Å². The summed E-state index contributed by atoms with van der Waals surface area (Å²) >= 11 is 2.34. The Bertz CT molecular complexity index is 971. The van der Waals surface area contributed by atoms with Crippen molar-refractivity contribution < 1.29 is 13.2 Å². The van der Waals surface area contributed by atoms with Crippen molar-refractivity contribution in [3.63, 3.8) is 0 Å². The third kappa shape index (κ3) is 4.69. The van der Waals surface area contributed by atoms with Crippen LogP contribution in [-0.4, -0.2) is 35.2 Å². The molecule has 0 aliphatic carbocycles. The van der Waals surface area contributed by atoms with E-state index in [4.69, 9.17) is 0 Å². The van der Waals surface area contributed by atoms with Gasteiger partial charge in [-0.15, -0.1) is 11.8 Å². The second kappa shape index (κ2) is 8.44. The molecule has 10 heteroatoms. The molecule has 1 amide bonds. The lowest BCUT2D eigenvalue weighted by molar-refractivity contribution is -0.112. The summed E-state index contributed by atoms with van der Waals surface area (Å²) in [5.74, 6) is -0.675. The molecule has 0 spiro atoms. The largest absolute Gasteiger partial charge is 0.296 e. The predicted molar refractivity (Wildman–Crippen MR) is 103 cm³/mol. The van der Waals surface area contributed by atoms with Gasteiger partial charge in [-0.1, -0.05) is 12.1 Å². The number of carbonyl (C=O) groups excluding carboxylic acids is 1. The normalized spacial score (nSPS) is 12.0. The molecule has 1 N–H and O–H groups in total. The van der Waals surface area contributed by atoms with Crippen molar-refractivity contribution >= 4 is 50.2 Å². The molecule has 26 heavy (non-hydrogen) atoms. The number of amides is 1. The van der Waals surface area contributed by atoms with Gasteiger partial charge in [0.2, 0.25) is 15.0 Å². The quantitative estimate of drug-likeness (QED) is 0.444. The summed E-state index contributed by atoms with van der Waals surface area (Å²) in [4.78, 5) is 17.2. The van der Waals surface area contributed by atoms with E-state index in [1.54, 1.807) is 23.9 Å². The number of benzene rings is 1. The van der Waals surface area contributed by atoms with Gasteiger partial charge in [0.05, 0.1) is 5.25 Å². The molecular formula is C16H16N4O3S3. The number of sulfone groups is 1. The second-order valence-corrected chi connectivity index (χ2v) is 9.40. The molecule has 2 aromatic rings. The number of nitrogens with zero attached hydrogens (tertiary/aromatic N) is 3. The number of thioether (sulfide) groups is 1. The Morgan fingerprint density at radius 2 is 2.00 bits per heavy atom. The van der Waals surface area contributed by atoms with Gasteiger partial charge >= 0.3 is 0 Å². The Labute approximate surface area is 160 Å². The molecule has 1 heterocycles. The minimum Gasteiger partial charge on any atom is -0.296 e. The summed E-state index contributed by atoms with van der Waals surface area (Å²) in [7, 11) is -3.62. The maximum Gasteiger partial charge on any atom is 0.268 e. The van der Waals surface area contributed by atoms with Gasteiger partial charge in [0.1, 0.15) is 11.6 Å². The zero-order chi connectivity index (χ0) is 19.3. The number of aromatic nitrogens is 2. The average Bonchev–Trinajstić information content (AvgIpc) is 3.09. The van der Waals surface area contributed by atoms with Crippen molar-refractivity contribution in [3.05, 3.63) is 35.4 Å². The Balaban J connectivity index is 2.18. The highest BCUT2D eigenvalue weighted by molar-refractivity contribution is 7.98. The number of hydrogen-bond acceptors (Lipinski definition) is 8. The highest BCUT2D eigenvalue weighted by Gasteiger charge is 2.25. The van der Waals surface area contributed by atoms with E-state index in [-0.39, 0.29) is 15.9 Å².